The molecule has 0 amide bonds. The lowest BCUT2D eigenvalue weighted by Gasteiger charge is -2.72. The van der Waals surface area contributed by atoms with Crippen LogP contribution < -0.4 is 0 Å². The summed E-state index contributed by atoms with van der Waals surface area (Å²) in [5.41, 5.74) is 1.61. The zero-order valence-electron chi connectivity index (χ0n) is 35.2. The highest BCUT2D eigenvalue weighted by molar-refractivity contribution is 6.30. The zero-order valence-corrected chi connectivity index (χ0v) is 36.0. The van der Waals surface area contributed by atoms with Gasteiger partial charge in [0.2, 0.25) is 0 Å². The van der Waals surface area contributed by atoms with Gasteiger partial charge in [-0.3, -0.25) is 19.2 Å². The summed E-state index contributed by atoms with van der Waals surface area (Å²) in [5.74, 6) is -0.310. The van der Waals surface area contributed by atoms with Gasteiger partial charge >= 0.3 is 17.9 Å². The van der Waals surface area contributed by atoms with Gasteiger partial charge in [-0.05, 0) is 153 Å². The van der Waals surface area contributed by atoms with Crippen molar-refractivity contribution in [2.45, 2.75) is 165 Å². The number of aryl methyl sites for hydroxylation is 1. The molecule has 9 atom stereocenters. The van der Waals surface area contributed by atoms with Crippen LogP contribution in [0.5, 0.6) is 0 Å². The molecule has 1 N–H and O–H groups in total. The average molecular weight is 779 g/mol. The molecule has 0 spiro atoms. The van der Waals surface area contributed by atoms with Crippen LogP contribution in [0, 0.1) is 56.2 Å². The number of ketones is 1. The number of hydrogen-bond donors (Lipinski definition) is 1. The summed E-state index contributed by atoms with van der Waals surface area (Å²) in [6.07, 6.45) is 9.78. The number of carbonyl (C=O) groups excluding carboxylic acids is 3. The smallest absolute Gasteiger partial charge is 0.309 e. The number of benzene rings is 1. The third-order valence-electron chi connectivity index (χ3n) is 16.6. The lowest BCUT2D eigenvalue weighted by atomic mass is 9.33. The van der Waals surface area contributed by atoms with Crippen molar-refractivity contribution in [1.29, 1.82) is 0 Å². The van der Waals surface area contributed by atoms with Crippen LogP contribution in [-0.2, 0) is 35.1 Å². The molecule has 0 aromatic heterocycles. The third-order valence-corrected chi connectivity index (χ3v) is 16.8. The SMILES string of the molecule is CC(=O)O[C@@H](CCCc1cccc(Cl)c1)[C@@]12CC[C@]3(C)[C@H](CC[C@@H]4[C@@]5(C)CC[C@H](OC(=O)CC(C)(C)C(=O)O)C(C)(C)[C@@H]5CC[C@]43C)C1=C(C(C)C)C(=O)C2. The fourth-order valence-electron chi connectivity index (χ4n) is 13.7. The normalized spacial score (nSPS) is 36.0. The third kappa shape index (κ3) is 6.92. The molecule has 0 heterocycles. The van der Waals surface area contributed by atoms with Gasteiger partial charge in [0.15, 0.2) is 5.78 Å². The van der Waals surface area contributed by atoms with Crippen molar-refractivity contribution in [2.75, 3.05) is 0 Å². The molecule has 8 heteroatoms. The van der Waals surface area contributed by atoms with Gasteiger partial charge in [0, 0.05) is 29.2 Å². The second-order valence-corrected chi connectivity index (χ2v) is 21.1. The monoisotopic (exact) mass is 778 g/mol. The van der Waals surface area contributed by atoms with Gasteiger partial charge in [-0.1, -0.05) is 72.2 Å². The zero-order chi connectivity index (χ0) is 40.5. The van der Waals surface area contributed by atoms with Crippen molar-refractivity contribution in [3.8, 4) is 0 Å². The number of allylic oxidation sites excluding steroid dienone is 1. The van der Waals surface area contributed by atoms with E-state index in [2.05, 4.69) is 54.5 Å². The van der Waals surface area contributed by atoms with E-state index < -0.39 is 22.8 Å². The highest BCUT2D eigenvalue weighted by Crippen LogP contribution is 2.77. The van der Waals surface area contributed by atoms with Gasteiger partial charge in [-0.2, -0.15) is 0 Å². The lowest BCUT2D eigenvalue weighted by molar-refractivity contribution is -0.235. The summed E-state index contributed by atoms with van der Waals surface area (Å²) in [4.78, 5) is 52.1. The molecule has 0 bridgehead atoms. The van der Waals surface area contributed by atoms with Gasteiger partial charge in [-0.25, -0.2) is 0 Å². The number of rotatable bonds is 11. The Kier molecular flexibility index (Phi) is 11.1. The van der Waals surface area contributed by atoms with Crippen LogP contribution in [0.1, 0.15) is 152 Å². The molecule has 6 rings (SSSR count). The van der Waals surface area contributed by atoms with Gasteiger partial charge in [0.05, 0.1) is 11.8 Å². The van der Waals surface area contributed by atoms with Crippen molar-refractivity contribution in [1.82, 2.24) is 0 Å². The van der Waals surface area contributed by atoms with E-state index in [9.17, 15) is 24.3 Å². The van der Waals surface area contributed by atoms with Crippen LogP contribution in [0.4, 0.5) is 0 Å². The Morgan fingerprint density at radius 3 is 2.29 bits per heavy atom. The number of carboxylic acid groups (broad SMARTS) is 1. The van der Waals surface area contributed by atoms with Crippen molar-refractivity contribution in [3.05, 3.63) is 46.0 Å². The van der Waals surface area contributed by atoms with Crippen molar-refractivity contribution < 1.29 is 33.8 Å². The molecule has 1 aromatic rings. The van der Waals surface area contributed by atoms with E-state index in [0.717, 1.165) is 80.4 Å². The molecule has 304 valence electrons. The summed E-state index contributed by atoms with van der Waals surface area (Å²) >= 11 is 6.31. The number of hydrogen-bond acceptors (Lipinski definition) is 6. The molecule has 55 heavy (non-hydrogen) atoms. The van der Waals surface area contributed by atoms with E-state index in [4.69, 9.17) is 21.1 Å². The standard InChI is InChI=1S/C47H67ClO7/c1-28(2)39-33(50)26-47(37(54-29(3)49)16-12-14-30-13-11-15-31(48)25-30)24-23-45(9)32(40(39)47)17-18-35-44(8)21-20-36(55-38(51)27-42(4,5)41(52)53)43(6,7)34(44)19-22-46(35,45)10/h11,13,15,25,28,32,34-37H,12,14,16-24,26-27H2,1-10H3,(H,52,53)/t32-,34+,35-,36+,37+,44+,45-,46-,47+/m1/s1. The number of esters is 2. The maximum absolute atomic E-state index is 14.3. The first-order valence-electron chi connectivity index (χ1n) is 21.2. The highest BCUT2D eigenvalue weighted by Gasteiger charge is 2.71. The van der Waals surface area contributed by atoms with Crippen LogP contribution in [0.15, 0.2) is 35.4 Å². The molecule has 4 fully saturated rings. The van der Waals surface area contributed by atoms with E-state index in [1.165, 1.54) is 12.5 Å². The highest BCUT2D eigenvalue weighted by atomic mass is 35.5. The number of carboxylic acids is 1. The molecular formula is C47H67ClO7. The summed E-state index contributed by atoms with van der Waals surface area (Å²) in [7, 11) is 0. The first kappa shape index (κ1) is 41.9. The first-order valence-corrected chi connectivity index (χ1v) is 21.5. The summed E-state index contributed by atoms with van der Waals surface area (Å²) in [5, 5.41) is 10.4. The second-order valence-electron chi connectivity index (χ2n) is 20.7. The molecule has 0 radical (unpaired) electrons. The number of aliphatic carboxylic acids is 1. The molecule has 0 saturated heterocycles. The van der Waals surface area contributed by atoms with Crippen LogP contribution in [0.25, 0.3) is 0 Å². The van der Waals surface area contributed by atoms with E-state index in [-0.39, 0.29) is 63.9 Å². The Bertz CT molecular complexity index is 1740. The van der Waals surface area contributed by atoms with Gasteiger partial charge in [-0.15, -0.1) is 0 Å². The van der Waals surface area contributed by atoms with Crippen molar-refractivity contribution >= 4 is 35.3 Å². The minimum atomic E-state index is -1.17. The maximum Gasteiger partial charge on any atom is 0.309 e. The molecule has 7 nitrogen and oxygen atoms in total. The Labute approximate surface area is 335 Å². The van der Waals surface area contributed by atoms with Crippen molar-refractivity contribution in [3.63, 3.8) is 0 Å². The average Bonchev–Trinajstić information content (AvgIpc) is 3.38. The number of fused-ring (bicyclic) bond motifs is 7. The second kappa shape index (κ2) is 14.6. The molecule has 5 aliphatic rings. The van der Waals surface area contributed by atoms with Gasteiger partial charge in [0.1, 0.15) is 12.2 Å². The predicted molar refractivity (Wildman–Crippen MR) is 215 cm³/mol. The Morgan fingerprint density at radius 2 is 1.65 bits per heavy atom. The molecule has 0 aliphatic heterocycles. The molecule has 0 unspecified atom stereocenters. The van der Waals surface area contributed by atoms with Gasteiger partial charge in [0.25, 0.3) is 0 Å². The fourth-order valence-corrected chi connectivity index (χ4v) is 13.9. The van der Waals surface area contributed by atoms with E-state index >= 15 is 0 Å². The molecule has 4 saturated carbocycles. The lowest BCUT2D eigenvalue weighted by Crippen LogP contribution is -2.66. The number of ether oxygens (including phenoxy) is 2. The number of halogens is 1. The maximum atomic E-state index is 14.3. The van der Waals surface area contributed by atoms with Crippen LogP contribution in [0.2, 0.25) is 5.02 Å². The number of carbonyl (C=O) groups is 4. The quantitative estimate of drug-likeness (QED) is 0.223. The minimum Gasteiger partial charge on any atom is -0.481 e. The van der Waals surface area contributed by atoms with E-state index in [0.29, 0.717) is 24.7 Å². The summed E-state index contributed by atoms with van der Waals surface area (Å²) in [6, 6.07) is 7.96. The number of Topliss-reactive ketones (excluding diaryl/α,β-unsaturated/α-hetero) is 1. The largest absolute Gasteiger partial charge is 0.481 e. The predicted octanol–water partition coefficient (Wildman–Crippen LogP) is 11.0. The molecule has 1 aromatic carbocycles. The Morgan fingerprint density at radius 1 is 0.945 bits per heavy atom. The summed E-state index contributed by atoms with van der Waals surface area (Å²) < 4.78 is 12.5. The van der Waals surface area contributed by atoms with E-state index in [1.54, 1.807) is 13.8 Å². The molecular weight excluding hydrogens is 712 g/mol. The van der Waals surface area contributed by atoms with Crippen LogP contribution in [-0.4, -0.2) is 41.0 Å². The van der Waals surface area contributed by atoms with Crippen molar-refractivity contribution in [2.24, 2.45) is 56.2 Å². The summed E-state index contributed by atoms with van der Waals surface area (Å²) in [6.45, 7) is 21.1. The Balaban J connectivity index is 1.30. The Hall–Kier alpha value is -2.67. The minimum absolute atomic E-state index is 0.0304. The topological polar surface area (TPSA) is 107 Å². The van der Waals surface area contributed by atoms with Gasteiger partial charge < -0.3 is 14.6 Å². The molecule has 5 aliphatic carbocycles. The van der Waals surface area contributed by atoms with Crippen LogP contribution >= 0.6 is 11.6 Å². The first-order chi connectivity index (χ1) is 25.5. The fraction of sp³-hybridized carbons (Fsp3) is 0.745. The van der Waals surface area contributed by atoms with Crippen LogP contribution in [0.3, 0.4) is 0 Å². The van der Waals surface area contributed by atoms with E-state index in [1.807, 2.05) is 18.2 Å².